The van der Waals surface area contributed by atoms with Crippen LogP contribution in [0.4, 0.5) is 10.5 Å². The highest BCUT2D eigenvalue weighted by molar-refractivity contribution is 5.92. The molecule has 0 spiro atoms. The Balaban J connectivity index is 1.79. The lowest BCUT2D eigenvalue weighted by Crippen LogP contribution is -2.30. The average molecular weight is 368 g/mol. The molecule has 0 aliphatic carbocycles. The number of para-hydroxylation sites is 1. The first kappa shape index (κ1) is 18.2. The van der Waals surface area contributed by atoms with Crippen LogP contribution >= 0.6 is 0 Å². The van der Waals surface area contributed by atoms with E-state index in [1.54, 1.807) is 37.4 Å². The van der Waals surface area contributed by atoms with Crippen LogP contribution in [0, 0.1) is 0 Å². The molecule has 27 heavy (non-hydrogen) atoms. The Bertz CT molecular complexity index is 1050. The second kappa shape index (κ2) is 7.77. The zero-order valence-corrected chi connectivity index (χ0v) is 15.3. The SMILES string of the molecule is COc1cccc(NC(=O)NCc2nn(C)c(=O)c3ccccc23)c1OC. The topological polar surface area (TPSA) is 94.5 Å². The van der Waals surface area contributed by atoms with Gasteiger partial charge in [0.2, 0.25) is 0 Å². The standard InChI is InChI=1S/C19H20N4O4/c1-23-18(24)13-8-5-4-7-12(13)15(22-23)11-20-19(25)21-14-9-6-10-16(26-2)17(14)27-3/h4-10H,11H2,1-3H3,(H2,20,21,25). The predicted molar refractivity (Wildman–Crippen MR) is 102 cm³/mol. The van der Waals surface area contributed by atoms with Crippen molar-refractivity contribution in [2.24, 2.45) is 7.05 Å². The maximum absolute atomic E-state index is 12.3. The van der Waals surface area contributed by atoms with Crippen molar-refractivity contribution < 1.29 is 14.3 Å². The molecule has 140 valence electrons. The number of aryl methyl sites for hydroxylation is 1. The first-order chi connectivity index (χ1) is 13.0. The smallest absolute Gasteiger partial charge is 0.319 e. The lowest BCUT2D eigenvalue weighted by atomic mass is 10.1. The van der Waals surface area contributed by atoms with Crippen molar-refractivity contribution >= 4 is 22.5 Å². The van der Waals surface area contributed by atoms with Crippen LogP contribution in [-0.4, -0.2) is 30.0 Å². The minimum absolute atomic E-state index is 0.159. The lowest BCUT2D eigenvalue weighted by molar-refractivity contribution is 0.251. The van der Waals surface area contributed by atoms with Gasteiger partial charge in [0.15, 0.2) is 11.5 Å². The number of rotatable bonds is 5. The van der Waals surface area contributed by atoms with Gasteiger partial charge in [-0.05, 0) is 18.2 Å². The highest BCUT2D eigenvalue weighted by Gasteiger charge is 2.13. The van der Waals surface area contributed by atoms with Crippen molar-refractivity contribution in [1.82, 2.24) is 15.1 Å². The third kappa shape index (κ3) is 3.69. The Morgan fingerprint density at radius 1 is 1.07 bits per heavy atom. The summed E-state index contributed by atoms with van der Waals surface area (Å²) in [5.41, 5.74) is 0.896. The fourth-order valence-electron chi connectivity index (χ4n) is 2.82. The monoisotopic (exact) mass is 368 g/mol. The Morgan fingerprint density at radius 2 is 1.81 bits per heavy atom. The predicted octanol–water partition coefficient (Wildman–Crippen LogP) is 2.27. The van der Waals surface area contributed by atoms with E-state index in [9.17, 15) is 9.59 Å². The van der Waals surface area contributed by atoms with Gasteiger partial charge in [0.25, 0.3) is 5.56 Å². The van der Waals surface area contributed by atoms with Gasteiger partial charge in [0, 0.05) is 12.4 Å². The van der Waals surface area contributed by atoms with Crippen molar-refractivity contribution in [2.75, 3.05) is 19.5 Å². The summed E-state index contributed by atoms with van der Waals surface area (Å²) in [6.07, 6.45) is 0. The van der Waals surface area contributed by atoms with E-state index in [4.69, 9.17) is 9.47 Å². The van der Waals surface area contributed by atoms with Crippen LogP contribution in [-0.2, 0) is 13.6 Å². The fraction of sp³-hybridized carbons (Fsp3) is 0.211. The van der Waals surface area contributed by atoms with Gasteiger partial charge in [0.05, 0.1) is 37.5 Å². The Hall–Kier alpha value is -3.55. The van der Waals surface area contributed by atoms with Crippen molar-refractivity contribution in [3.05, 3.63) is 58.5 Å². The number of carbonyl (C=O) groups excluding carboxylic acids is 1. The first-order valence-corrected chi connectivity index (χ1v) is 8.26. The molecule has 0 radical (unpaired) electrons. The molecule has 2 aromatic carbocycles. The molecule has 0 saturated carbocycles. The first-order valence-electron chi connectivity index (χ1n) is 8.26. The quantitative estimate of drug-likeness (QED) is 0.720. The summed E-state index contributed by atoms with van der Waals surface area (Å²) in [6, 6.07) is 11.9. The van der Waals surface area contributed by atoms with Gasteiger partial charge < -0.3 is 20.1 Å². The molecule has 0 unspecified atom stereocenters. The number of nitrogens with one attached hydrogen (secondary N) is 2. The minimum Gasteiger partial charge on any atom is -0.493 e. The molecular weight excluding hydrogens is 348 g/mol. The molecule has 0 fully saturated rings. The van der Waals surface area contributed by atoms with E-state index in [1.807, 2.05) is 12.1 Å². The van der Waals surface area contributed by atoms with E-state index in [0.29, 0.717) is 33.7 Å². The maximum Gasteiger partial charge on any atom is 0.319 e. The van der Waals surface area contributed by atoms with E-state index in [2.05, 4.69) is 15.7 Å². The number of carbonyl (C=O) groups is 1. The van der Waals surface area contributed by atoms with E-state index in [0.717, 1.165) is 0 Å². The molecule has 8 heteroatoms. The molecule has 3 rings (SSSR count). The van der Waals surface area contributed by atoms with Crippen LogP contribution in [0.1, 0.15) is 5.69 Å². The van der Waals surface area contributed by atoms with Gasteiger partial charge >= 0.3 is 6.03 Å². The number of amides is 2. The number of anilines is 1. The minimum atomic E-state index is -0.429. The number of nitrogens with zero attached hydrogens (tertiary/aromatic N) is 2. The van der Waals surface area contributed by atoms with Gasteiger partial charge in [-0.1, -0.05) is 24.3 Å². The van der Waals surface area contributed by atoms with Crippen LogP contribution in [0.5, 0.6) is 11.5 Å². The fourth-order valence-corrected chi connectivity index (χ4v) is 2.82. The molecule has 1 aromatic heterocycles. The van der Waals surface area contributed by atoms with Gasteiger partial charge in [-0.15, -0.1) is 0 Å². The zero-order chi connectivity index (χ0) is 19.4. The van der Waals surface area contributed by atoms with E-state index in [1.165, 1.54) is 18.9 Å². The summed E-state index contributed by atoms with van der Waals surface area (Å²) in [4.78, 5) is 24.5. The van der Waals surface area contributed by atoms with Gasteiger partial charge in [-0.2, -0.15) is 5.10 Å². The molecule has 8 nitrogen and oxygen atoms in total. The molecule has 0 aliphatic rings. The van der Waals surface area contributed by atoms with E-state index >= 15 is 0 Å². The summed E-state index contributed by atoms with van der Waals surface area (Å²) in [5.74, 6) is 0.946. The van der Waals surface area contributed by atoms with Gasteiger partial charge in [-0.25, -0.2) is 9.48 Å². The third-order valence-corrected chi connectivity index (χ3v) is 4.10. The Morgan fingerprint density at radius 3 is 2.52 bits per heavy atom. The maximum atomic E-state index is 12.3. The molecule has 2 N–H and O–H groups in total. The molecule has 0 bridgehead atoms. The molecule has 0 atom stereocenters. The Kier molecular flexibility index (Phi) is 5.25. The number of aromatic nitrogens is 2. The number of benzene rings is 2. The zero-order valence-electron chi connectivity index (χ0n) is 15.3. The highest BCUT2D eigenvalue weighted by atomic mass is 16.5. The van der Waals surface area contributed by atoms with Crippen LogP contribution in [0.25, 0.3) is 10.8 Å². The summed E-state index contributed by atoms with van der Waals surface area (Å²) in [6.45, 7) is 0.159. The van der Waals surface area contributed by atoms with Crippen LogP contribution in [0.2, 0.25) is 0 Å². The normalized spacial score (nSPS) is 10.5. The molecule has 0 aliphatic heterocycles. The van der Waals surface area contributed by atoms with Gasteiger partial charge in [-0.3, -0.25) is 4.79 Å². The van der Waals surface area contributed by atoms with Crippen molar-refractivity contribution in [1.29, 1.82) is 0 Å². The van der Waals surface area contributed by atoms with Crippen molar-refractivity contribution in [2.45, 2.75) is 6.54 Å². The number of fused-ring (bicyclic) bond motifs is 1. The van der Waals surface area contributed by atoms with E-state index in [-0.39, 0.29) is 12.1 Å². The van der Waals surface area contributed by atoms with Crippen molar-refractivity contribution in [3.63, 3.8) is 0 Å². The molecule has 3 aromatic rings. The molecule has 2 amide bonds. The van der Waals surface area contributed by atoms with Crippen LogP contribution in [0.3, 0.4) is 0 Å². The molecular formula is C19H20N4O4. The summed E-state index contributed by atoms with van der Waals surface area (Å²) >= 11 is 0. The van der Waals surface area contributed by atoms with Gasteiger partial charge in [0.1, 0.15) is 0 Å². The van der Waals surface area contributed by atoms with E-state index < -0.39 is 6.03 Å². The number of ether oxygens (including phenoxy) is 2. The lowest BCUT2D eigenvalue weighted by Gasteiger charge is -2.14. The summed E-state index contributed by atoms with van der Waals surface area (Å²) < 4.78 is 11.8. The summed E-state index contributed by atoms with van der Waals surface area (Å²) in [5, 5.41) is 11.0. The third-order valence-electron chi connectivity index (χ3n) is 4.10. The Labute approximate surface area is 155 Å². The second-order valence-electron chi connectivity index (χ2n) is 5.77. The largest absolute Gasteiger partial charge is 0.493 e. The number of hydrogen-bond donors (Lipinski definition) is 2. The molecule has 1 heterocycles. The number of hydrogen-bond acceptors (Lipinski definition) is 5. The second-order valence-corrected chi connectivity index (χ2v) is 5.77. The highest BCUT2D eigenvalue weighted by Crippen LogP contribution is 2.34. The number of methoxy groups -OCH3 is 2. The van der Waals surface area contributed by atoms with Crippen molar-refractivity contribution in [3.8, 4) is 11.5 Å². The summed E-state index contributed by atoms with van der Waals surface area (Å²) in [7, 11) is 4.61. The molecule has 0 saturated heterocycles. The number of urea groups is 1. The van der Waals surface area contributed by atoms with Crippen LogP contribution in [0.15, 0.2) is 47.3 Å². The average Bonchev–Trinajstić information content (AvgIpc) is 2.69. The van der Waals surface area contributed by atoms with Crippen LogP contribution < -0.4 is 25.7 Å².